The first-order chi connectivity index (χ1) is 12.4. The number of rotatable bonds is 3. The molecule has 0 aromatic carbocycles. The zero-order valence-corrected chi connectivity index (χ0v) is 18.3. The van der Waals surface area contributed by atoms with Crippen LogP contribution in [0.3, 0.4) is 0 Å². The molecule has 0 aromatic heterocycles. The number of esters is 3. The van der Waals surface area contributed by atoms with E-state index in [-0.39, 0.29) is 6.61 Å². The number of hydrogen-bond donors (Lipinski definition) is 1. The molecule has 0 amide bonds. The van der Waals surface area contributed by atoms with Gasteiger partial charge in [-0.25, -0.2) is 0 Å². The van der Waals surface area contributed by atoms with Crippen molar-refractivity contribution in [2.24, 2.45) is 16.2 Å². The monoisotopic (exact) mass is 402 g/mol. The molecule has 28 heavy (non-hydrogen) atoms. The van der Waals surface area contributed by atoms with Gasteiger partial charge in [-0.15, -0.1) is 0 Å². The van der Waals surface area contributed by atoms with Crippen molar-refractivity contribution in [3.63, 3.8) is 0 Å². The molecule has 0 aromatic rings. The third kappa shape index (κ3) is 6.44. The van der Waals surface area contributed by atoms with Crippen LogP contribution in [-0.4, -0.2) is 54.2 Å². The number of carbonyl (C=O) groups excluding carboxylic acids is 3. The average Bonchev–Trinajstić information content (AvgIpc) is 2.49. The lowest BCUT2D eigenvalue weighted by Crippen LogP contribution is -2.59. The summed E-state index contributed by atoms with van der Waals surface area (Å²) in [6, 6.07) is 0. The maximum absolute atomic E-state index is 12.5. The Hall–Kier alpha value is -1.67. The summed E-state index contributed by atoms with van der Waals surface area (Å²) in [6.07, 6.45) is -5.08. The zero-order chi connectivity index (χ0) is 22.1. The minimum atomic E-state index is -1.52. The molecular formula is C20H34O8. The number of carbonyl (C=O) groups is 3. The number of hydrogen-bond acceptors (Lipinski definition) is 8. The number of aliphatic hydroxyl groups is 1. The Morgan fingerprint density at radius 3 is 1.46 bits per heavy atom. The van der Waals surface area contributed by atoms with Crippen LogP contribution in [0.4, 0.5) is 0 Å². The van der Waals surface area contributed by atoms with Crippen molar-refractivity contribution in [2.75, 3.05) is 6.61 Å². The molecular weight excluding hydrogens is 368 g/mol. The molecule has 8 heteroatoms. The molecule has 1 aliphatic heterocycles. The van der Waals surface area contributed by atoms with Crippen molar-refractivity contribution < 1.29 is 38.4 Å². The molecule has 162 valence electrons. The van der Waals surface area contributed by atoms with Crippen molar-refractivity contribution >= 4 is 17.9 Å². The Balaban J connectivity index is 3.18. The van der Waals surface area contributed by atoms with Gasteiger partial charge >= 0.3 is 17.9 Å². The molecule has 1 heterocycles. The average molecular weight is 402 g/mol. The van der Waals surface area contributed by atoms with Gasteiger partial charge in [0, 0.05) is 0 Å². The van der Waals surface area contributed by atoms with E-state index in [1.54, 1.807) is 62.3 Å². The van der Waals surface area contributed by atoms with Gasteiger partial charge in [0.1, 0.15) is 0 Å². The highest BCUT2D eigenvalue weighted by atomic mass is 16.7. The highest BCUT2D eigenvalue weighted by Gasteiger charge is 2.49. The van der Waals surface area contributed by atoms with Crippen molar-refractivity contribution in [3.8, 4) is 0 Å². The highest BCUT2D eigenvalue weighted by molar-refractivity contribution is 5.77. The first-order valence-corrected chi connectivity index (χ1v) is 9.37. The molecule has 4 atom stereocenters. The Morgan fingerprint density at radius 1 is 0.714 bits per heavy atom. The smallest absolute Gasteiger partial charge is 0.311 e. The zero-order valence-electron chi connectivity index (χ0n) is 18.3. The second-order valence-corrected chi connectivity index (χ2v) is 10.2. The maximum atomic E-state index is 12.5. The predicted molar refractivity (Wildman–Crippen MR) is 100.0 cm³/mol. The summed E-state index contributed by atoms with van der Waals surface area (Å²) in [6.45, 7) is 14.8. The lowest BCUT2D eigenvalue weighted by atomic mass is 9.95. The van der Waals surface area contributed by atoms with Gasteiger partial charge in [0.25, 0.3) is 0 Å². The highest BCUT2D eigenvalue weighted by Crippen LogP contribution is 2.29. The summed E-state index contributed by atoms with van der Waals surface area (Å²) >= 11 is 0. The second kappa shape index (κ2) is 8.37. The van der Waals surface area contributed by atoms with Gasteiger partial charge in [-0.1, -0.05) is 0 Å². The largest absolute Gasteiger partial charge is 0.455 e. The van der Waals surface area contributed by atoms with Gasteiger partial charge in [0.05, 0.1) is 22.9 Å². The second-order valence-electron chi connectivity index (χ2n) is 10.2. The van der Waals surface area contributed by atoms with Crippen LogP contribution in [0.25, 0.3) is 0 Å². The van der Waals surface area contributed by atoms with E-state index < -0.39 is 58.8 Å². The molecule has 1 fully saturated rings. The van der Waals surface area contributed by atoms with E-state index in [9.17, 15) is 19.5 Å². The van der Waals surface area contributed by atoms with Gasteiger partial charge < -0.3 is 24.1 Å². The Kier molecular flexibility index (Phi) is 7.28. The minimum absolute atomic E-state index is 0.200. The van der Waals surface area contributed by atoms with Gasteiger partial charge in [-0.05, 0) is 62.3 Å². The molecule has 1 N–H and O–H groups in total. The standard InChI is InChI=1S/C20H34O8/c1-18(2,3)15(22)26-11-10-25-14(21)13(28-17(24)20(7,8)9)12(11)27-16(23)19(4,5)6/h11-14,21H,10H2,1-9H3/t11-,12+,13-,14+/m1/s1. The van der Waals surface area contributed by atoms with E-state index in [1.165, 1.54) is 0 Å². The molecule has 8 nitrogen and oxygen atoms in total. The SMILES string of the molecule is CC(C)(C)C(=O)O[C@@H]1[C@@H](OC(=O)C(C)(C)C)[C@H](OC(=O)C(C)(C)C)CO[C@@H]1O. The van der Waals surface area contributed by atoms with E-state index >= 15 is 0 Å². The van der Waals surface area contributed by atoms with Crippen LogP contribution < -0.4 is 0 Å². The molecule has 0 aliphatic carbocycles. The van der Waals surface area contributed by atoms with E-state index in [0.717, 1.165) is 0 Å². The molecule has 0 saturated carbocycles. The topological polar surface area (TPSA) is 108 Å². The summed E-state index contributed by atoms with van der Waals surface area (Å²) < 4.78 is 21.7. The van der Waals surface area contributed by atoms with Crippen LogP contribution in [-0.2, 0) is 33.3 Å². The fraction of sp³-hybridized carbons (Fsp3) is 0.850. The predicted octanol–water partition coefficient (Wildman–Crippen LogP) is 2.21. The van der Waals surface area contributed by atoms with Crippen LogP contribution in [0.2, 0.25) is 0 Å². The third-order valence-electron chi connectivity index (χ3n) is 3.98. The first kappa shape index (κ1) is 24.4. The fourth-order valence-corrected chi connectivity index (χ4v) is 2.04. The van der Waals surface area contributed by atoms with Gasteiger partial charge in [0.15, 0.2) is 24.6 Å². The minimum Gasteiger partial charge on any atom is -0.455 e. The fourth-order valence-electron chi connectivity index (χ4n) is 2.04. The van der Waals surface area contributed by atoms with Crippen molar-refractivity contribution in [1.29, 1.82) is 0 Å². The van der Waals surface area contributed by atoms with Gasteiger partial charge in [-0.3, -0.25) is 14.4 Å². The molecule has 0 spiro atoms. The summed E-state index contributed by atoms with van der Waals surface area (Å²) in [7, 11) is 0. The van der Waals surface area contributed by atoms with E-state index in [1.807, 2.05) is 0 Å². The Labute approximate surface area is 166 Å². The quantitative estimate of drug-likeness (QED) is 0.565. The molecule has 1 rings (SSSR count). The van der Waals surface area contributed by atoms with Crippen LogP contribution in [0.15, 0.2) is 0 Å². The van der Waals surface area contributed by atoms with Crippen molar-refractivity contribution in [1.82, 2.24) is 0 Å². The number of aliphatic hydroxyl groups excluding tert-OH is 1. The van der Waals surface area contributed by atoms with Crippen molar-refractivity contribution in [2.45, 2.75) is 86.9 Å². The van der Waals surface area contributed by atoms with Crippen LogP contribution in [0.5, 0.6) is 0 Å². The Bertz CT molecular complexity index is 591. The molecule has 1 aliphatic rings. The van der Waals surface area contributed by atoms with Crippen LogP contribution in [0.1, 0.15) is 62.3 Å². The first-order valence-electron chi connectivity index (χ1n) is 9.37. The lowest BCUT2D eigenvalue weighted by Gasteiger charge is -2.41. The summed E-state index contributed by atoms with van der Waals surface area (Å²) in [5.74, 6) is -1.73. The molecule has 0 radical (unpaired) electrons. The van der Waals surface area contributed by atoms with Crippen molar-refractivity contribution in [3.05, 3.63) is 0 Å². The number of ether oxygens (including phenoxy) is 4. The molecule has 0 unspecified atom stereocenters. The van der Waals surface area contributed by atoms with Gasteiger partial charge in [-0.2, -0.15) is 0 Å². The van der Waals surface area contributed by atoms with E-state index in [4.69, 9.17) is 18.9 Å². The van der Waals surface area contributed by atoms with Crippen LogP contribution >= 0.6 is 0 Å². The van der Waals surface area contributed by atoms with Crippen LogP contribution in [0, 0.1) is 16.2 Å². The maximum Gasteiger partial charge on any atom is 0.311 e. The third-order valence-corrected chi connectivity index (χ3v) is 3.98. The molecule has 0 bridgehead atoms. The normalized spacial score (nSPS) is 26.4. The summed E-state index contributed by atoms with van der Waals surface area (Å²) in [5.41, 5.74) is -2.50. The lowest BCUT2D eigenvalue weighted by molar-refractivity contribution is -0.273. The summed E-state index contributed by atoms with van der Waals surface area (Å²) in [5, 5.41) is 10.3. The van der Waals surface area contributed by atoms with E-state index in [0.29, 0.717) is 0 Å². The van der Waals surface area contributed by atoms with E-state index in [2.05, 4.69) is 0 Å². The molecule has 1 saturated heterocycles. The Morgan fingerprint density at radius 2 is 1.07 bits per heavy atom. The van der Waals surface area contributed by atoms with Gasteiger partial charge in [0.2, 0.25) is 0 Å². The summed E-state index contributed by atoms with van der Waals surface area (Å²) in [4.78, 5) is 37.2.